The monoisotopic (exact) mass is 377 g/mol. The topological polar surface area (TPSA) is 41.5 Å². The molecule has 100 valence electrons. The van der Waals surface area contributed by atoms with Crippen molar-refractivity contribution >= 4 is 31.9 Å². The molecule has 1 fully saturated rings. The summed E-state index contributed by atoms with van der Waals surface area (Å²) in [7, 11) is 0. The number of aliphatic hydroxyl groups excluding tert-OH is 1. The minimum Gasteiger partial charge on any atom is -0.489 e. The zero-order valence-electron chi connectivity index (χ0n) is 10.2. The van der Waals surface area contributed by atoms with Crippen molar-refractivity contribution in [1.29, 1.82) is 0 Å². The zero-order chi connectivity index (χ0) is 13.1. The van der Waals surface area contributed by atoms with Gasteiger partial charge in [-0.1, -0.05) is 0 Å². The maximum atomic E-state index is 9.24. The lowest BCUT2D eigenvalue weighted by molar-refractivity contribution is 0.122. The SMILES string of the molecule is CC(O)COc1c(Br)cc(CNC2CC2)cc1Br. The number of aliphatic hydroxyl groups is 1. The van der Waals surface area contributed by atoms with Crippen LogP contribution in [0, 0.1) is 0 Å². The highest BCUT2D eigenvalue weighted by molar-refractivity contribution is 9.11. The van der Waals surface area contributed by atoms with Crippen LogP contribution in [0.3, 0.4) is 0 Å². The first-order chi connectivity index (χ1) is 8.56. The summed E-state index contributed by atoms with van der Waals surface area (Å²) in [5, 5.41) is 12.7. The molecule has 1 aliphatic rings. The quantitative estimate of drug-likeness (QED) is 0.798. The number of hydrogen-bond donors (Lipinski definition) is 2. The third-order valence-electron chi connectivity index (χ3n) is 2.70. The van der Waals surface area contributed by atoms with Crippen LogP contribution in [-0.4, -0.2) is 23.9 Å². The van der Waals surface area contributed by atoms with E-state index in [2.05, 4.69) is 49.3 Å². The van der Waals surface area contributed by atoms with Crippen LogP contribution in [0.15, 0.2) is 21.1 Å². The Morgan fingerprint density at radius 1 is 1.39 bits per heavy atom. The number of rotatable bonds is 6. The molecule has 1 atom stereocenters. The lowest BCUT2D eigenvalue weighted by Gasteiger charge is -2.13. The maximum absolute atomic E-state index is 9.24. The Bertz CT molecular complexity index is 396. The number of halogens is 2. The third kappa shape index (κ3) is 4.23. The van der Waals surface area contributed by atoms with Gasteiger partial charge in [0.25, 0.3) is 0 Å². The molecular weight excluding hydrogens is 362 g/mol. The van der Waals surface area contributed by atoms with Crippen molar-refractivity contribution in [1.82, 2.24) is 5.32 Å². The van der Waals surface area contributed by atoms with Gasteiger partial charge in [0, 0.05) is 12.6 Å². The lowest BCUT2D eigenvalue weighted by atomic mass is 10.2. The molecule has 18 heavy (non-hydrogen) atoms. The molecule has 1 aromatic rings. The maximum Gasteiger partial charge on any atom is 0.147 e. The standard InChI is InChI=1S/C13H17Br2NO2/c1-8(17)7-18-13-11(14)4-9(5-12(13)15)6-16-10-2-3-10/h4-5,8,10,16-17H,2-3,6-7H2,1H3. The van der Waals surface area contributed by atoms with E-state index in [9.17, 15) is 5.11 Å². The molecule has 0 amide bonds. The second-order valence-corrected chi connectivity index (χ2v) is 6.41. The second kappa shape index (κ2) is 6.37. The van der Waals surface area contributed by atoms with Crippen LogP contribution < -0.4 is 10.1 Å². The molecule has 1 aliphatic carbocycles. The van der Waals surface area contributed by atoms with E-state index in [1.54, 1.807) is 6.92 Å². The summed E-state index contributed by atoms with van der Waals surface area (Å²) in [6.07, 6.45) is 2.11. The van der Waals surface area contributed by atoms with E-state index in [0.29, 0.717) is 6.04 Å². The van der Waals surface area contributed by atoms with Gasteiger partial charge in [0.15, 0.2) is 0 Å². The van der Waals surface area contributed by atoms with Gasteiger partial charge in [0.2, 0.25) is 0 Å². The van der Waals surface area contributed by atoms with E-state index in [-0.39, 0.29) is 6.61 Å². The molecule has 0 saturated heterocycles. The molecule has 2 rings (SSSR count). The first-order valence-electron chi connectivity index (χ1n) is 6.08. The van der Waals surface area contributed by atoms with Gasteiger partial charge in [-0.25, -0.2) is 0 Å². The Hall–Kier alpha value is -0.100. The van der Waals surface area contributed by atoms with E-state index in [1.807, 2.05) is 0 Å². The first-order valence-corrected chi connectivity index (χ1v) is 7.67. The Balaban J connectivity index is 2.02. The minimum absolute atomic E-state index is 0.289. The molecule has 0 heterocycles. The largest absolute Gasteiger partial charge is 0.489 e. The van der Waals surface area contributed by atoms with Crippen LogP contribution in [0.1, 0.15) is 25.3 Å². The highest BCUT2D eigenvalue weighted by Gasteiger charge is 2.20. The second-order valence-electron chi connectivity index (χ2n) is 4.70. The summed E-state index contributed by atoms with van der Waals surface area (Å²) in [4.78, 5) is 0. The van der Waals surface area contributed by atoms with Crippen molar-refractivity contribution in [2.75, 3.05) is 6.61 Å². The van der Waals surface area contributed by atoms with Gasteiger partial charge < -0.3 is 15.2 Å². The van der Waals surface area contributed by atoms with Gasteiger partial charge in [-0.3, -0.25) is 0 Å². The highest BCUT2D eigenvalue weighted by atomic mass is 79.9. The lowest BCUT2D eigenvalue weighted by Crippen LogP contribution is -2.16. The smallest absolute Gasteiger partial charge is 0.147 e. The summed E-state index contributed by atoms with van der Waals surface area (Å²) in [5.74, 6) is 0.742. The molecule has 0 aliphatic heterocycles. The molecule has 1 unspecified atom stereocenters. The first kappa shape index (κ1) is 14.3. The fraction of sp³-hybridized carbons (Fsp3) is 0.538. The molecule has 1 saturated carbocycles. The molecule has 3 nitrogen and oxygen atoms in total. The van der Waals surface area contributed by atoms with Crippen LogP contribution in [0.4, 0.5) is 0 Å². The van der Waals surface area contributed by atoms with Gasteiger partial charge >= 0.3 is 0 Å². The van der Waals surface area contributed by atoms with E-state index in [4.69, 9.17) is 4.74 Å². The minimum atomic E-state index is -0.472. The normalized spacial score (nSPS) is 16.7. The van der Waals surface area contributed by atoms with Crippen molar-refractivity contribution in [3.63, 3.8) is 0 Å². The molecule has 0 aromatic heterocycles. The summed E-state index contributed by atoms with van der Waals surface area (Å²) < 4.78 is 7.37. The van der Waals surface area contributed by atoms with Gasteiger partial charge in [-0.2, -0.15) is 0 Å². The summed E-state index contributed by atoms with van der Waals surface area (Å²) >= 11 is 7.01. The third-order valence-corrected chi connectivity index (χ3v) is 3.88. The summed E-state index contributed by atoms with van der Waals surface area (Å²) in [6.45, 7) is 2.87. The van der Waals surface area contributed by atoms with Gasteiger partial charge in [-0.15, -0.1) is 0 Å². The number of benzene rings is 1. The molecule has 0 radical (unpaired) electrons. The number of ether oxygens (including phenoxy) is 1. The molecule has 2 N–H and O–H groups in total. The molecular formula is C13H17Br2NO2. The fourth-order valence-electron chi connectivity index (χ4n) is 1.61. The van der Waals surface area contributed by atoms with Crippen molar-refractivity contribution in [3.05, 3.63) is 26.6 Å². The molecule has 1 aromatic carbocycles. The predicted molar refractivity (Wildman–Crippen MR) is 78.9 cm³/mol. The Morgan fingerprint density at radius 3 is 2.50 bits per heavy atom. The van der Waals surface area contributed by atoms with Crippen LogP contribution in [0.2, 0.25) is 0 Å². The van der Waals surface area contributed by atoms with E-state index >= 15 is 0 Å². The molecule has 0 bridgehead atoms. The van der Waals surface area contributed by atoms with Crippen molar-refractivity contribution in [2.45, 2.75) is 38.5 Å². The van der Waals surface area contributed by atoms with Gasteiger partial charge in [0.05, 0.1) is 15.0 Å². The van der Waals surface area contributed by atoms with Gasteiger partial charge in [0.1, 0.15) is 12.4 Å². The predicted octanol–water partition coefficient (Wildman–Crippen LogP) is 3.22. The average Bonchev–Trinajstić information content (AvgIpc) is 3.08. The van der Waals surface area contributed by atoms with E-state index in [0.717, 1.165) is 21.2 Å². The zero-order valence-corrected chi connectivity index (χ0v) is 13.4. The Labute approximate surface area is 124 Å². The van der Waals surface area contributed by atoms with Crippen LogP contribution in [0.5, 0.6) is 5.75 Å². The fourth-order valence-corrected chi connectivity index (χ4v) is 3.12. The van der Waals surface area contributed by atoms with Crippen molar-refractivity contribution in [3.8, 4) is 5.75 Å². The van der Waals surface area contributed by atoms with E-state index in [1.165, 1.54) is 18.4 Å². The van der Waals surface area contributed by atoms with Gasteiger partial charge in [-0.05, 0) is 69.3 Å². The average molecular weight is 379 g/mol. The van der Waals surface area contributed by atoms with Crippen molar-refractivity contribution < 1.29 is 9.84 Å². The van der Waals surface area contributed by atoms with Crippen LogP contribution >= 0.6 is 31.9 Å². The number of nitrogens with one attached hydrogen (secondary N) is 1. The summed E-state index contributed by atoms with van der Waals surface area (Å²) in [6, 6.07) is 4.81. The van der Waals surface area contributed by atoms with Crippen LogP contribution in [0.25, 0.3) is 0 Å². The van der Waals surface area contributed by atoms with Crippen LogP contribution in [-0.2, 0) is 6.54 Å². The van der Waals surface area contributed by atoms with E-state index < -0.39 is 6.10 Å². The highest BCUT2D eigenvalue weighted by Crippen LogP contribution is 2.35. The molecule has 5 heteroatoms. The summed E-state index contributed by atoms with van der Waals surface area (Å²) in [5.41, 5.74) is 1.21. The Morgan fingerprint density at radius 2 is 2.00 bits per heavy atom. The molecule has 0 spiro atoms. The Kier molecular flexibility index (Phi) is 5.06. The van der Waals surface area contributed by atoms with Crippen molar-refractivity contribution in [2.24, 2.45) is 0 Å². The number of hydrogen-bond acceptors (Lipinski definition) is 3.